The highest BCUT2D eigenvalue weighted by atomic mass is 19.1. The molecule has 0 bridgehead atoms. The Kier molecular flexibility index (Phi) is 3.81. The molecule has 8 heteroatoms. The smallest absolute Gasteiger partial charge is 0.277 e. The van der Waals surface area contributed by atoms with Gasteiger partial charge in [0.05, 0.1) is 18.4 Å². The third kappa shape index (κ3) is 3.10. The molecule has 6 nitrogen and oxygen atoms in total. The lowest BCUT2D eigenvalue weighted by Gasteiger charge is -2.03. The van der Waals surface area contributed by atoms with E-state index in [0.717, 1.165) is 12.1 Å². The van der Waals surface area contributed by atoms with Crippen molar-refractivity contribution in [3.63, 3.8) is 0 Å². The molecule has 0 unspecified atom stereocenters. The Morgan fingerprint density at radius 3 is 2.89 bits per heavy atom. The van der Waals surface area contributed by atoms with E-state index in [0.29, 0.717) is 19.2 Å². The highest BCUT2D eigenvalue weighted by Gasteiger charge is 2.13. The fourth-order valence-corrected chi connectivity index (χ4v) is 1.42. The average Bonchev–Trinajstić information content (AvgIpc) is 2.82. The third-order valence-electron chi connectivity index (χ3n) is 2.31. The first-order chi connectivity index (χ1) is 9.10. The lowest BCUT2D eigenvalue weighted by molar-refractivity contribution is 0.102. The molecule has 100 valence electrons. The van der Waals surface area contributed by atoms with Crippen molar-refractivity contribution in [2.45, 2.75) is 6.54 Å². The summed E-state index contributed by atoms with van der Waals surface area (Å²) in [7, 11) is 0. The van der Waals surface area contributed by atoms with Crippen molar-refractivity contribution in [1.29, 1.82) is 0 Å². The summed E-state index contributed by atoms with van der Waals surface area (Å²) in [5.41, 5.74) is 5.23. The van der Waals surface area contributed by atoms with Gasteiger partial charge in [-0.3, -0.25) is 9.48 Å². The topological polar surface area (TPSA) is 85.8 Å². The molecule has 1 amide bonds. The third-order valence-corrected chi connectivity index (χ3v) is 2.31. The number of carbonyl (C=O) groups excluding carboxylic acids is 1. The fraction of sp³-hybridized carbons (Fsp3) is 0.182. The van der Waals surface area contributed by atoms with Gasteiger partial charge >= 0.3 is 0 Å². The molecule has 1 heterocycles. The quantitative estimate of drug-likeness (QED) is 0.856. The van der Waals surface area contributed by atoms with Crippen LogP contribution in [-0.2, 0) is 6.54 Å². The maximum Gasteiger partial charge on any atom is 0.277 e. The lowest BCUT2D eigenvalue weighted by Crippen LogP contribution is -2.14. The predicted molar refractivity (Wildman–Crippen MR) is 63.4 cm³/mol. The zero-order chi connectivity index (χ0) is 13.8. The largest absolute Gasteiger partial charge is 0.329 e. The molecular weight excluding hydrogens is 256 g/mol. The zero-order valence-corrected chi connectivity index (χ0v) is 9.81. The maximum absolute atomic E-state index is 13.3. The van der Waals surface area contributed by atoms with Crippen LogP contribution in [0.1, 0.15) is 10.5 Å². The number of nitrogens with zero attached hydrogens (tertiary/aromatic N) is 3. The number of carbonyl (C=O) groups is 1. The van der Waals surface area contributed by atoms with E-state index < -0.39 is 17.5 Å². The second kappa shape index (κ2) is 5.53. The molecule has 0 aliphatic rings. The van der Waals surface area contributed by atoms with Crippen LogP contribution in [0.4, 0.5) is 14.5 Å². The first-order valence-electron chi connectivity index (χ1n) is 5.47. The summed E-state index contributed by atoms with van der Waals surface area (Å²) in [5.74, 6) is -2.21. The zero-order valence-electron chi connectivity index (χ0n) is 9.81. The van der Waals surface area contributed by atoms with Crippen molar-refractivity contribution in [3.05, 3.63) is 41.7 Å². The second-order valence-corrected chi connectivity index (χ2v) is 3.73. The van der Waals surface area contributed by atoms with Crippen LogP contribution in [0.15, 0.2) is 24.4 Å². The van der Waals surface area contributed by atoms with Crippen molar-refractivity contribution < 1.29 is 13.6 Å². The Bertz CT molecular complexity index is 599. The average molecular weight is 267 g/mol. The van der Waals surface area contributed by atoms with Crippen LogP contribution in [0.25, 0.3) is 0 Å². The molecular formula is C11H11F2N5O. The van der Waals surface area contributed by atoms with E-state index in [1.54, 1.807) is 0 Å². The van der Waals surface area contributed by atoms with Crippen LogP contribution in [-0.4, -0.2) is 27.4 Å². The number of nitrogens with two attached hydrogens (primary N) is 1. The van der Waals surface area contributed by atoms with E-state index in [9.17, 15) is 13.6 Å². The first kappa shape index (κ1) is 13.1. The minimum atomic E-state index is -0.859. The number of aromatic nitrogens is 3. The van der Waals surface area contributed by atoms with Gasteiger partial charge in [0.25, 0.3) is 5.91 Å². The molecule has 0 aliphatic heterocycles. The fourth-order valence-electron chi connectivity index (χ4n) is 1.42. The van der Waals surface area contributed by atoms with Crippen molar-refractivity contribution in [1.82, 2.24) is 15.0 Å². The highest BCUT2D eigenvalue weighted by molar-refractivity contribution is 6.02. The number of hydrogen-bond acceptors (Lipinski definition) is 4. The molecule has 19 heavy (non-hydrogen) atoms. The highest BCUT2D eigenvalue weighted by Crippen LogP contribution is 2.15. The van der Waals surface area contributed by atoms with Crippen LogP contribution >= 0.6 is 0 Å². The van der Waals surface area contributed by atoms with Gasteiger partial charge < -0.3 is 11.1 Å². The van der Waals surface area contributed by atoms with Gasteiger partial charge in [-0.25, -0.2) is 8.78 Å². The van der Waals surface area contributed by atoms with Gasteiger partial charge in [0.1, 0.15) is 11.6 Å². The first-order valence-corrected chi connectivity index (χ1v) is 5.47. The molecule has 3 N–H and O–H groups in total. The van der Waals surface area contributed by atoms with Crippen molar-refractivity contribution in [2.75, 3.05) is 11.9 Å². The monoisotopic (exact) mass is 267 g/mol. The summed E-state index contributed by atoms with van der Waals surface area (Å²) in [6.07, 6.45) is 1.39. The van der Waals surface area contributed by atoms with E-state index >= 15 is 0 Å². The van der Waals surface area contributed by atoms with Crippen LogP contribution in [0.2, 0.25) is 0 Å². The summed E-state index contributed by atoms with van der Waals surface area (Å²) in [6, 6.07) is 2.86. The molecule has 0 fully saturated rings. The number of hydrogen-bond donors (Lipinski definition) is 2. The molecule has 0 aliphatic carbocycles. The van der Waals surface area contributed by atoms with Gasteiger partial charge in [-0.05, 0) is 12.1 Å². The number of benzene rings is 1. The van der Waals surface area contributed by atoms with Gasteiger partial charge in [0.15, 0.2) is 5.69 Å². The summed E-state index contributed by atoms with van der Waals surface area (Å²) < 4.78 is 27.4. The van der Waals surface area contributed by atoms with Gasteiger partial charge in [0.2, 0.25) is 0 Å². The number of anilines is 1. The summed E-state index contributed by atoms with van der Waals surface area (Å²) in [5, 5.41) is 9.59. The Morgan fingerprint density at radius 2 is 2.21 bits per heavy atom. The van der Waals surface area contributed by atoms with Gasteiger partial charge in [-0.2, -0.15) is 0 Å². The number of rotatable bonds is 4. The maximum atomic E-state index is 13.3. The second-order valence-electron chi connectivity index (χ2n) is 3.73. The predicted octanol–water partition coefficient (Wildman–Crippen LogP) is 0.767. The van der Waals surface area contributed by atoms with Crippen molar-refractivity contribution in [2.24, 2.45) is 5.73 Å². The Hall–Kier alpha value is -2.35. The summed E-state index contributed by atoms with van der Waals surface area (Å²) >= 11 is 0. The van der Waals surface area contributed by atoms with E-state index in [1.165, 1.54) is 10.9 Å². The van der Waals surface area contributed by atoms with Crippen molar-refractivity contribution >= 4 is 11.6 Å². The van der Waals surface area contributed by atoms with Crippen LogP contribution in [0.5, 0.6) is 0 Å². The van der Waals surface area contributed by atoms with Crippen LogP contribution in [0.3, 0.4) is 0 Å². The van der Waals surface area contributed by atoms with Crippen LogP contribution < -0.4 is 11.1 Å². The van der Waals surface area contributed by atoms with E-state index in [4.69, 9.17) is 5.73 Å². The Morgan fingerprint density at radius 1 is 1.42 bits per heavy atom. The Balaban J connectivity index is 2.11. The molecule has 2 aromatic rings. The lowest BCUT2D eigenvalue weighted by atomic mass is 10.3. The van der Waals surface area contributed by atoms with E-state index in [-0.39, 0.29) is 11.4 Å². The van der Waals surface area contributed by atoms with Crippen LogP contribution in [0, 0.1) is 11.6 Å². The minimum absolute atomic E-state index is 0.0252. The van der Waals surface area contributed by atoms with E-state index in [1.807, 2.05) is 0 Å². The van der Waals surface area contributed by atoms with Crippen molar-refractivity contribution in [3.8, 4) is 0 Å². The standard InChI is InChI=1S/C11H11F2N5O/c12-7-1-2-9(8(13)5-7)15-11(19)10-6-18(4-3-14)17-16-10/h1-2,5-6H,3-4,14H2,(H,15,19). The molecule has 0 saturated carbocycles. The SMILES string of the molecule is NCCn1cc(C(=O)Nc2ccc(F)cc2F)nn1. The van der Waals surface area contributed by atoms with E-state index in [2.05, 4.69) is 15.6 Å². The molecule has 0 spiro atoms. The van der Waals surface area contributed by atoms with Gasteiger partial charge in [-0.15, -0.1) is 5.10 Å². The molecule has 1 aromatic carbocycles. The molecule has 1 aromatic heterocycles. The number of halogens is 2. The summed E-state index contributed by atoms with van der Waals surface area (Å²) in [6.45, 7) is 0.780. The molecule has 0 saturated heterocycles. The Labute approximate surface area is 107 Å². The number of nitrogens with one attached hydrogen (secondary N) is 1. The summed E-state index contributed by atoms with van der Waals surface area (Å²) in [4.78, 5) is 11.8. The molecule has 0 atom stereocenters. The van der Waals surface area contributed by atoms with Gasteiger partial charge in [-0.1, -0.05) is 5.21 Å². The van der Waals surface area contributed by atoms with Gasteiger partial charge in [0, 0.05) is 12.6 Å². The minimum Gasteiger partial charge on any atom is -0.329 e. The normalized spacial score (nSPS) is 10.5. The number of amides is 1. The molecule has 0 radical (unpaired) electrons. The molecule has 2 rings (SSSR count).